The Hall–Kier alpha value is -2.12. The van der Waals surface area contributed by atoms with E-state index in [0.717, 1.165) is 11.4 Å². The molecule has 8 heteroatoms. The Morgan fingerprint density at radius 3 is 2.90 bits per heavy atom. The van der Waals surface area contributed by atoms with Crippen molar-refractivity contribution in [1.82, 2.24) is 20.1 Å². The lowest BCUT2D eigenvalue weighted by molar-refractivity contribution is 0.318. The van der Waals surface area contributed by atoms with Gasteiger partial charge in [-0.15, -0.1) is 10.2 Å². The number of hydrogen-bond donors (Lipinski definition) is 3. The summed E-state index contributed by atoms with van der Waals surface area (Å²) in [5.74, 6) is 0.875. The molecular formula is C12H15ClN6O. The Morgan fingerprint density at radius 2 is 2.30 bits per heavy atom. The van der Waals surface area contributed by atoms with E-state index in [1.807, 2.05) is 17.7 Å². The second-order valence-electron chi connectivity index (χ2n) is 4.25. The first-order valence-electron chi connectivity index (χ1n) is 5.91. The average molecular weight is 295 g/mol. The zero-order valence-corrected chi connectivity index (χ0v) is 11.7. The van der Waals surface area contributed by atoms with E-state index in [-0.39, 0.29) is 5.84 Å². The standard InChI is InChI=1S/C12H15ClN6O/c1-19-7-16-17-11(19)6-15-5-9-3-2-8(4-10(9)13)12(14)18-20/h2-4,7,15,20H,5-6H2,1H3,(H2,14,18). The number of aromatic nitrogens is 3. The summed E-state index contributed by atoms with van der Waals surface area (Å²) in [5.41, 5.74) is 7.00. The van der Waals surface area contributed by atoms with Crippen LogP contribution in [0.15, 0.2) is 29.7 Å². The highest BCUT2D eigenvalue weighted by Gasteiger charge is 2.06. The van der Waals surface area contributed by atoms with Crippen LogP contribution >= 0.6 is 11.6 Å². The van der Waals surface area contributed by atoms with Gasteiger partial charge in [-0.25, -0.2) is 0 Å². The Bertz CT molecular complexity index is 624. The van der Waals surface area contributed by atoms with Gasteiger partial charge < -0.3 is 20.8 Å². The summed E-state index contributed by atoms with van der Waals surface area (Å²) >= 11 is 6.16. The van der Waals surface area contributed by atoms with E-state index in [2.05, 4.69) is 20.7 Å². The molecule has 0 fully saturated rings. The predicted octanol–water partition coefficient (Wildman–Crippen LogP) is 0.853. The molecule has 0 aliphatic heterocycles. The summed E-state index contributed by atoms with van der Waals surface area (Å²) in [6.07, 6.45) is 1.65. The van der Waals surface area contributed by atoms with Crippen molar-refractivity contribution >= 4 is 17.4 Å². The van der Waals surface area contributed by atoms with Gasteiger partial charge in [0.1, 0.15) is 12.2 Å². The summed E-state index contributed by atoms with van der Waals surface area (Å²) in [5, 5.41) is 23.1. The molecule has 0 aliphatic rings. The number of nitrogens with one attached hydrogen (secondary N) is 1. The molecule has 106 valence electrons. The fourth-order valence-electron chi connectivity index (χ4n) is 1.68. The highest BCUT2D eigenvalue weighted by Crippen LogP contribution is 2.17. The molecule has 7 nitrogen and oxygen atoms in total. The van der Waals surface area contributed by atoms with Crippen molar-refractivity contribution in [3.8, 4) is 0 Å². The first kappa shape index (κ1) is 14.3. The summed E-state index contributed by atoms with van der Waals surface area (Å²) in [6, 6.07) is 5.25. The Labute approximate surface area is 121 Å². The van der Waals surface area contributed by atoms with Crippen molar-refractivity contribution in [2.45, 2.75) is 13.1 Å². The molecule has 4 N–H and O–H groups in total. The summed E-state index contributed by atoms with van der Waals surface area (Å²) in [7, 11) is 1.88. The zero-order chi connectivity index (χ0) is 14.5. The van der Waals surface area contributed by atoms with Gasteiger partial charge in [0.05, 0.1) is 6.54 Å². The van der Waals surface area contributed by atoms with E-state index in [4.69, 9.17) is 22.5 Å². The highest BCUT2D eigenvalue weighted by molar-refractivity contribution is 6.31. The molecule has 0 saturated heterocycles. The summed E-state index contributed by atoms with van der Waals surface area (Å²) in [4.78, 5) is 0. The highest BCUT2D eigenvalue weighted by atomic mass is 35.5. The number of hydrogen-bond acceptors (Lipinski definition) is 5. The van der Waals surface area contributed by atoms with Crippen LogP contribution in [0.3, 0.4) is 0 Å². The second kappa shape index (κ2) is 6.36. The van der Waals surface area contributed by atoms with Gasteiger partial charge in [0.25, 0.3) is 0 Å². The SMILES string of the molecule is Cn1cnnc1CNCc1ccc(/C(N)=N/O)cc1Cl. The number of amidine groups is 1. The van der Waals surface area contributed by atoms with Crippen LogP contribution in [0, 0.1) is 0 Å². The Kier molecular flexibility index (Phi) is 4.54. The van der Waals surface area contributed by atoms with Gasteiger partial charge in [0.15, 0.2) is 5.84 Å². The maximum Gasteiger partial charge on any atom is 0.170 e. The molecule has 2 rings (SSSR count). The lowest BCUT2D eigenvalue weighted by Gasteiger charge is -2.08. The van der Waals surface area contributed by atoms with Crippen LogP contribution in [0.4, 0.5) is 0 Å². The van der Waals surface area contributed by atoms with Gasteiger partial charge in [0, 0.05) is 24.2 Å². The van der Waals surface area contributed by atoms with E-state index in [1.54, 1.807) is 18.5 Å². The van der Waals surface area contributed by atoms with E-state index in [9.17, 15) is 0 Å². The number of oxime groups is 1. The van der Waals surface area contributed by atoms with E-state index in [0.29, 0.717) is 23.7 Å². The maximum atomic E-state index is 8.61. The van der Waals surface area contributed by atoms with Crippen LogP contribution in [-0.2, 0) is 20.1 Å². The first-order chi connectivity index (χ1) is 9.61. The largest absolute Gasteiger partial charge is 0.409 e. The Morgan fingerprint density at radius 1 is 1.50 bits per heavy atom. The quantitative estimate of drug-likeness (QED) is 0.328. The molecule has 1 heterocycles. The van der Waals surface area contributed by atoms with E-state index in [1.165, 1.54) is 0 Å². The van der Waals surface area contributed by atoms with Crippen molar-refractivity contribution in [1.29, 1.82) is 0 Å². The number of rotatable bonds is 5. The topological polar surface area (TPSA) is 101 Å². The molecule has 0 spiro atoms. The van der Waals surface area contributed by atoms with Crippen LogP contribution in [0.1, 0.15) is 17.0 Å². The minimum absolute atomic E-state index is 0.0329. The molecule has 0 unspecified atom stereocenters. The predicted molar refractivity (Wildman–Crippen MR) is 75.5 cm³/mol. The number of nitrogens with zero attached hydrogens (tertiary/aromatic N) is 4. The molecule has 0 saturated carbocycles. The van der Waals surface area contributed by atoms with Crippen molar-refractivity contribution in [2.24, 2.45) is 17.9 Å². The zero-order valence-electron chi connectivity index (χ0n) is 10.9. The van der Waals surface area contributed by atoms with Gasteiger partial charge in [-0.3, -0.25) is 0 Å². The first-order valence-corrected chi connectivity index (χ1v) is 6.29. The number of nitrogens with two attached hydrogens (primary N) is 1. The number of halogens is 1. The van der Waals surface area contributed by atoms with Crippen molar-refractivity contribution in [3.63, 3.8) is 0 Å². The minimum Gasteiger partial charge on any atom is -0.409 e. The van der Waals surface area contributed by atoms with Crippen LogP contribution in [0.5, 0.6) is 0 Å². The molecule has 0 aliphatic carbocycles. The van der Waals surface area contributed by atoms with E-state index < -0.39 is 0 Å². The summed E-state index contributed by atoms with van der Waals surface area (Å²) < 4.78 is 1.84. The minimum atomic E-state index is 0.0329. The van der Waals surface area contributed by atoms with Gasteiger partial charge in [-0.1, -0.05) is 28.9 Å². The third kappa shape index (κ3) is 3.25. The van der Waals surface area contributed by atoms with Crippen LogP contribution in [-0.4, -0.2) is 25.8 Å². The second-order valence-corrected chi connectivity index (χ2v) is 4.66. The molecular weight excluding hydrogens is 280 g/mol. The molecule has 1 aromatic carbocycles. The monoisotopic (exact) mass is 294 g/mol. The third-order valence-corrected chi connectivity index (χ3v) is 3.21. The van der Waals surface area contributed by atoms with E-state index >= 15 is 0 Å². The molecule has 20 heavy (non-hydrogen) atoms. The smallest absolute Gasteiger partial charge is 0.170 e. The van der Waals surface area contributed by atoms with Crippen molar-refractivity contribution < 1.29 is 5.21 Å². The number of benzene rings is 1. The summed E-state index contributed by atoms with van der Waals surface area (Å²) in [6.45, 7) is 1.18. The van der Waals surface area contributed by atoms with Gasteiger partial charge >= 0.3 is 0 Å². The molecule has 1 aromatic heterocycles. The van der Waals surface area contributed by atoms with Gasteiger partial charge in [-0.05, 0) is 11.6 Å². The number of aryl methyl sites for hydroxylation is 1. The molecule has 0 amide bonds. The molecule has 0 radical (unpaired) electrons. The molecule has 0 bridgehead atoms. The third-order valence-electron chi connectivity index (χ3n) is 2.86. The van der Waals surface area contributed by atoms with Crippen LogP contribution < -0.4 is 11.1 Å². The van der Waals surface area contributed by atoms with Gasteiger partial charge in [0.2, 0.25) is 0 Å². The molecule has 0 atom stereocenters. The van der Waals surface area contributed by atoms with Crippen molar-refractivity contribution in [2.75, 3.05) is 0 Å². The average Bonchev–Trinajstić information content (AvgIpc) is 2.85. The normalized spacial score (nSPS) is 11.8. The maximum absolute atomic E-state index is 8.61. The van der Waals surface area contributed by atoms with Crippen LogP contribution in [0.25, 0.3) is 0 Å². The Balaban J connectivity index is 1.98. The molecule has 2 aromatic rings. The van der Waals surface area contributed by atoms with Gasteiger partial charge in [-0.2, -0.15) is 0 Å². The lowest BCUT2D eigenvalue weighted by atomic mass is 10.1. The fraction of sp³-hybridized carbons (Fsp3) is 0.250. The lowest BCUT2D eigenvalue weighted by Crippen LogP contribution is -2.17. The van der Waals surface area contributed by atoms with Crippen LogP contribution in [0.2, 0.25) is 5.02 Å². The fourth-order valence-corrected chi connectivity index (χ4v) is 1.93. The van der Waals surface area contributed by atoms with Crippen molar-refractivity contribution in [3.05, 3.63) is 46.5 Å².